The van der Waals surface area contributed by atoms with Crippen LogP contribution < -0.4 is 5.32 Å². The normalized spacial score (nSPS) is 10.4. The van der Waals surface area contributed by atoms with Gasteiger partial charge in [0.25, 0.3) is 5.91 Å². The van der Waals surface area contributed by atoms with E-state index in [0.717, 1.165) is 6.07 Å². The second kappa shape index (κ2) is 5.74. The van der Waals surface area contributed by atoms with Gasteiger partial charge in [-0.1, -0.05) is 6.92 Å². The molecular formula is C14H14FN3O3. The summed E-state index contributed by atoms with van der Waals surface area (Å²) in [6, 6.07) is 3.31. The van der Waals surface area contributed by atoms with Gasteiger partial charge in [-0.05, 0) is 24.6 Å². The molecule has 0 aliphatic heterocycles. The number of aromatic carboxylic acids is 1. The number of amides is 1. The molecule has 1 aromatic carbocycles. The molecule has 0 radical (unpaired) electrons. The molecule has 0 bridgehead atoms. The van der Waals surface area contributed by atoms with Crippen molar-refractivity contribution in [2.75, 3.05) is 5.32 Å². The van der Waals surface area contributed by atoms with Crippen LogP contribution in [0.25, 0.3) is 0 Å². The molecular weight excluding hydrogens is 277 g/mol. The number of carboxylic acid groups (broad SMARTS) is 1. The van der Waals surface area contributed by atoms with Crippen molar-refractivity contribution >= 4 is 17.6 Å². The van der Waals surface area contributed by atoms with Gasteiger partial charge in [0.1, 0.15) is 5.82 Å². The zero-order valence-corrected chi connectivity index (χ0v) is 11.6. The number of rotatable bonds is 4. The largest absolute Gasteiger partial charge is 0.478 e. The SMILES string of the molecule is CCc1nn(C)cc1C(=O)Nc1ccc(C(=O)O)cc1F. The number of nitrogens with zero attached hydrogens (tertiary/aromatic N) is 2. The fourth-order valence-electron chi connectivity index (χ4n) is 1.92. The Labute approximate surface area is 120 Å². The molecule has 6 nitrogen and oxygen atoms in total. The summed E-state index contributed by atoms with van der Waals surface area (Å²) in [5, 5.41) is 15.3. The van der Waals surface area contributed by atoms with Crippen molar-refractivity contribution in [1.29, 1.82) is 0 Å². The quantitative estimate of drug-likeness (QED) is 0.903. The van der Waals surface area contributed by atoms with Gasteiger partial charge in [-0.25, -0.2) is 9.18 Å². The Bertz CT molecular complexity index is 709. The minimum atomic E-state index is -1.23. The Morgan fingerprint density at radius 2 is 2.14 bits per heavy atom. The average Bonchev–Trinajstić information content (AvgIpc) is 2.82. The first-order valence-electron chi connectivity index (χ1n) is 6.29. The van der Waals surface area contributed by atoms with E-state index in [-0.39, 0.29) is 11.3 Å². The van der Waals surface area contributed by atoms with Crippen LogP contribution in [0.5, 0.6) is 0 Å². The lowest BCUT2D eigenvalue weighted by molar-refractivity contribution is 0.0696. The van der Waals surface area contributed by atoms with Crippen LogP contribution in [0.4, 0.5) is 10.1 Å². The third kappa shape index (κ3) is 3.07. The van der Waals surface area contributed by atoms with Crippen molar-refractivity contribution in [2.45, 2.75) is 13.3 Å². The van der Waals surface area contributed by atoms with Crippen LogP contribution in [-0.4, -0.2) is 26.8 Å². The molecule has 1 amide bonds. The van der Waals surface area contributed by atoms with E-state index >= 15 is 0 Å². The molecule has 2 N–H and O–H groups in total. The zero-order valence-electron chi connectivity index (χ0n) is 11.6. The Morgan fingerprint density at radius 1 is 1.43 bits per heavy atom. The van der Waals surface area contributed by atoms with Crippen molar-refractivity contribution < 1.29 is 19.1 Å². The lowest BCUT2D eigenvalue weighted by Gasteiger charge is -2.06. The van der Waals surface area contributed by atoms with Crippen LogP contribution in [0, 0.1) is 5.82 Å². The molecule has 0 aliphatic carbocycles. The van der Waals surface area contributed by atoms with Crippen molar-refractivity contribution in [3.63, 3.8) is 0 Å². The Hall–Kier alpha value is -2.70. The molecule has 21 heavy (non-hydrogen) atoms. The molecule has 2 aromatic rings. The van der Waals surface area contributed by atoms with Crippen LogP contribution in [0.2, 0.25) is 0 Å². The van der Waals surface area contributed by atoms with Gasteiger partial charge in [-0.2, -0.15) is 5.10 Å². The summed E-state index contributed by atoms with van der Waals surface area (Å²) in [6.07, 6.45) is 2.13. The van der Waals surface area contributed by atoms with Crippen LogP contribution in [-0.2, 0) is 13.5 Å². The van der Waals surface area contributed by atoms with Crippen LogP contribution >= 0.6 is 0 Å². The number of carbonyl (C=O) groups excluding carboxylic acids is 1. The number of benzene rings is 1. The molecule has 0 spiro atoms. The maximum absolute atomic E-state index is 13.8. The Balaban J connectivity index is 2.25. The number of aryl methyl sites for hydroxylation is 2. The van der Waals surface area contributed by atoms with Crippen molar-refractivity contribution in [3.05, 3.63) is 47.0 Å². The summed E-state index contributed by atoms with van der Waals surface area (Å²) in [7, 11) is 1.69. The fraction of sp³-hybridized carbons (Fsp3) is 0.214. The molecule has 0 atom stereocenters. The van der Waals surface area contributed by atoms with E-state index in [4.69, 9.17) is 5.11 Å². The maximum Gasteiger partial charge on any atom is 0.335 e. The Kier molecular flexibility index (Phi) is 4.02. The number of anilines is 1. The number of carboxylic acids is 1. The maximum atomic E-state index is 13.8. The minimum absolute atomic E-state index is 0.0732. The monoisotopic (exact) mass is 291 g/mol. The molecule has 0 saturated carbocycles. The van der Waals surface area contributed by atoms with E-state index < -0.39 is 17.7 Å². The summed E-state index contributed by atoms with van der Waals surface area (Å²) in [4.78, 5) is 22.9. The second-order valence-electron chi connectivity index (χ2n) is 4.47. The number of carbonyl (C=O) groups is 2. The standard InChI is InChI=1S/C14H14FN3O3/c1-3-11-9(7-18(2)17-11)13(19)16-12-5-4-8(14(20)21)6-10(12)15/h4-7H,3H2,1-2H3,(H,16,19)(H,20,21). The van der Waals surface area contributed by atoms with Gasteiger partial charge in [-0.15, -0.1) is 0 Å². The summed E-state index contributed by atoms with van der Waals surface area (Å²) >= 11 is 0. The van der Waals surface area contributed by atoms with E-state index in [9.17, 15) is 14.0 Å². The minimum Gasteiger partial charge on any atom is -0.478 e. The second-order valence-corrected chi connectivity index (χ2v) is 4.47. The van der Waals surface area contributed by atoms with Crippen molar-refractivity contribution in [3.8, 4) is 0 Å². The number of hydrogen-bond donors (Lipinski definition) is 2. The molecule has 1 aromatic heterocycles. The van der Waals surface area contributed by atoms with Gasteiger partial charge in [-0.3, -0.25) is 9.48 Å². The van der Waals surface area contributed by atoms with Gasteiger partial charge in [0.15, 0.2) is 0 Å². The molecule has 0 fully saturated rings. The molecule has 2 rings (SSSR count). The zero-order chi connectivity index (χ0) is 15.6. The summed E-state index contributed by atoms with van der Waals surface area (Å²) in [5.41, 5.74) is 0.719. The predicted octanol–water partition coefficient (Wildman–Crippen LogP) is 2.07. The lowest BCUT2D eigenvalue weighted by atomic mass is 10.1. The van der Waals surface area contributed by atoms with E-state index in [2.05, 4.69) is 10.4 Å². The van der Waals surface area contributed by atoms with Crippen molar-refractivity contribution in [1.82, 2.24) is 9.78 Å². The third-order valence-corrected chi connectivity index (χ3v) is 2.95. The Morgan fingerprint density at radius 3 is 2.71 bits per heavy atom. The van der Waals surface area contributed by atoms with Crippen LogP contribution in [0.15, 0.2) is 24.4 Å². The number of hydrogen-bond acceptors (Lipinski definition) is 3. The van der Waals surface area contributed by atoms with Gasteiger partial charge in [0, 0.05) is 13.2 Å². The first-order valence-corrected chi connectivity index (χ1v) is 6.29. The van der Waals surface area contributed by atoms with Gasteiger partial charge >= 0.3 is 5.97 Å². The fourth-order valence-corrected chi connectivity index (χ4v) is 1.92. The van der Waals surface area contributed by atoms with E-state index in [1.807, 2.05) is 6.92 Å². The van der Waals surface area contributed by atoms with Gasteiger partial charge < -0.3 is 10.4 Å². The highest BCUT2D eigenvalue weighted by molar-refractivity contribution is 6.05. The molecule has 0 saturated heterocycles. The van der Waals surface area contributed by atoms with Gasteiger partial charge in [0.05, 0.1) is 22.5 Å². The average molecular weight is 291 g/mol. The van der Waals surface area contributed by atoms with Crippen LogP contribution in [0.1, 0.15) is 33.3 Å². The molecule has 1 heterocycles. The molecule has 7 heteroatoms. The third-order valence-electron chi connectivity index (χ3n) is 2.95. The summed E-state index contributed by atoms with van der Waals surface area (Å²) in [5.74, 6) is -2.51. The predicted molar refractivity (Wildman–Crippen MR) is 73.9 cm³/mol. The molecule has 0 unspecified atom stereocenters. The topological polar surface area (TPSA) is 84.2 Å². The molecule has 110 valence electrons. The first-order chi connectivity index (χ1) is 9.92. The highest BCUT2D eigenvalue weighted by atomic mass is 19.1. The number of aromatic nitrogens is 2. The number of halogens is 1. The summed E-state index contributed by atoms with van der Waals surface area (Å²) in [6.45, 7) is 1.86. The highest BCUT2D eigenvalue weighted by Gasteiger charge is 2.16. The summed E-state index contributed by atoms with van der Waals surface area (Å²) < 4.78 is 15.3. The van der Waals surface area contributed by atoms with E-state index in [1.165, 1.54) is 16.8 Å². The smallest absolute Gasteiger partial charge is 0.335 e. The van der Waals surface area contributed by atoms with E-state index in [0.29, 0.717) is 17.7 Å². The first kappa shape index (κ1) is 14.7. The number of nitrogens with one attached hydrogen (secondary N) is 1. The van der Waals surface area contributed by atoms with E-state index in [1.54, 1.807) is 13.2 Å². The van der Waals surface area contributed by atoms with Crippen molar-refractivity contribution in [2.24, 2.45) is 7.05 Å². The lowest BCUT2D eigenvalue weighted by Crippen LogP contribution is -2.14. The molecule has 0 aliphatic rings. The highest BCUT2D eigenvalue weighted by Crippen LogP contribution is 2.18. The van der Waals surface area contributed by atoms with Crippen LogP contribution in [0.3, 0.4) is 0 Å². The van der Waals surface area contributed by atoms with Gasteiger partial charge in [0.2, 0.25) is 0 Å².